The quantitative estimate of drug-likeness (QED) is 0.364. The van der Waals surface area contributed by atoms with Crippen molar-refractivity contribution in [3.05, 3.63) is 12.2 Å². The van der Waals surface area contributed by atoms with E-state index >= 15 is 0 Å². The van der Waals surface area contributed by atoms with Crippen molar-refractivity contribution in [2.45, 2.75) is 27.7 Å². The second-order valence-corrected chi connectivity index (χ2v) is 5.97. The predicted octanol–water partition coefficient (Wildman–Crippen LogP) is -0.294. The summed E-state index contributed by atoms with van der Waals surface area (Å²) < 4.78 is 0. The monoisotopic (exact) mass is 324 g/mol. The molecule has 0 atom stereocenters. The number of carbonyl (C=O) groups is 2. The highest BCUT2D eigenvalue weighted by Crippen LogP contribution is 2.10. The molecule has 0 aromatic rings. The molecule has 8 heteroatoms. The molecule has 0 unspecified atom stereocenters. The molecule has 0 saturated heterocycles. The first-order valence-corrected chi connectivity index (χ1v) is 6.45. The fourth-order valence-corrected chi connectivity index (χ4v) is 0.243. The van der Waals surface area contributed by atoms with E-state index in [4.69, 9.17) is 30.6 Å². The molecule has 0 bridgehead atoms. The van der Waals surface area contributed by atoms with Crippen molar-refractivity contribution in [1.29, 1.82) is 0 Å². The first kappa shape index (κ1) is 25.5. The van der Waals surface area contributed by atoms with Crippen LogP contribution in [0.15, 0.2) is 12.2 Å². The third-order valence-electron chi connectivity index (χ3n) is 2.08. The molecule has 0 radical (unpaired) electrons. The normalized spacial score (nSPS) is 11.1. The number of carboxylic acid groups (broad SMARTS) is 2. The highest BCUT2D eigenvalue weighted by Gasteiger charge is 2.13. The van der Waals surface area contributed by atoms with Crippen molar-refractivity contribution in [3.8, 4) is 0 Å². The van der Waals surface area contributed by atoms with E-state index < -0.39 is 11.9 Å². The molecule has 0 aromatic heterocycles. The van der Waals surface area contributed by atoms with Gasteiger partial charge in [0.05, 0.1) is 26.4 Å². The Hall–Kier alpha value is -1.48. The minimum Gasteiger partial charge on any atom is -0.478 e. The van der Waals surface area contributed by atoms with Crippen molar-refractivity contribution < 1.29 is 40.2 Å². The van der Waals surface area contributed by atoms with Gasteiger partial charge in [-0.2, -0.15) is 0 Å². The Kier molecular flexibility index (Phi) is 15.3. The Morgan fingerprint density at radius 3 is 0.909 bits per heavy atom. The van der Waals surface area contributed by atoms with Crippen LogP contribution in [-0.2, 0) is 9.59 Å². The summed E-state index contributed by atoms with van der Waals surface area (Å²) in [6.07, 6.45) is 1.12. The lowest BCUT2D eigenvalue weighted by atomic mass is 9.97. The van der Waals surface area contributed by atoms with E-state index in [2.05, 4.69) is 0 Å². The smallest absolute Gasteiger partial charge is 0.328 e. The van der Waals surface area contributed by atoms with Gasteiger partial charge in [-0.25, -0.2) is 9.59 Å². The summed E-state index contributed by atoms with van der Waals surface area (Å²) in [5.74, 6) is -2.51. The van der Waals surface area contributed by atoms with Gasteiger partial charge >= 0.3 is 11.9 Å². The fourth-order valence-electron chi connectivity index (χ4n) is 0.243. The van der Waals surface area contributed by atoms with Crippen LogP contribution in [0.4, 0.5) is 0 Å². The minimum absolute atomic E-state index is 0.0451. The summed E-state index contributed by atoms with van der Waals surface area (Å²) in [5.41, 5.74) is -0.611. The molecule has 132 valence electrons. The molecular formula is C14H28O8. The second-order valence-electron chi connectivity index (χ2n) is 5.97. The number of aliphatic hydroxyl groups is 4. The third kappa shape index (κ3) is 23.6. The lowest BCUT2D eigenvalue weighted by Crippen LogP contribution is -2.20. The van der Waals surface area contributed by atoms with Crippen LogP contribution in [0.3, 0.4) is 0 Å². The van der Waals surface area contributed by atoms with Crippen LogP contribution in [-0.4, -0.2) is 69.0 Å². The lowest BCUT2D eigenvalue weighted by molar-refractivity contribution is -0.134. The second kappa shape index (κ2) is 13.2. The zero-order valence-corrected chi connectivity index (χ0v) is 13.5. The molecule has 0 aliphatic carbocycles. The average molecular weight is 324 g/mol. The Morgan fingerprint density at radius 2 is 0.864 bits per heavy atom. The van der Waals surface area contributed by atoms with Crippen LogP contribution in [0.5, 0.6) is 0 Å². The zero-order chi connectivity index (χ0) is 18.4. The van der Waals surface area contributed by atoms with E-state index in [-0.39, 0.29) is 37.3 Å². The SMILES string of the molecule is CC(C)(CO)CO.CC(C)(CO)CO.O=C(O)/C=C\C(=O)O. The predicted molar refractivity (Wildman–Crippen MR) is 80.3 cm³/mol. The molecule has 0 heterocycles. The molecule has 0 aliphatic heterocycles. The first-order chi connectivity index (χ1) is 9.87. The number of aliphatic carboxylic acids is 2. The lowest BCUT2D eigenvalue weighted by Gasteiger charge is -2.16. The Labute approximate surface area is 130 Å². The highest BCUT2D eigenvalue weighted by atomic mass is 16.4. The average Bonchev–Trinajstić information content (AvgIpc) is 2.46. The number of hydrogen-bond donors (Lipinski definition) is 6. The first-order valence-electron chi connectivity index (χ1n) is 6.45. The molecule has 0 rings (SSSR count). The molecule has 6 N–H and O–H groups in total. The third-order valence-corrected chi connectivity index (χ3v) is 2.08. The van der Waals surface area contributed by atoms with Crippen LogP contribution in [0.25, 0.3) is 0 Å². The molecule has 22 heavy (non-hydrogen) atoms. The van der Waals surface area contributed by atoms with Crippen LogP contribution in [0.2, 0.25) is 0 Å². The molecule has 0 aliphatic rings. The molecule has 0 spiro atoms. The van der Waals surface area contributed by atoms with Crippen molar-refractivity contribution in [1.82, 2.24) is 0 Å². The van der Waals surface area contributed by atoms with Crippen molar-refractivity contribution in [2.24, 2.45) is 10.8 Å². The van der Waals surface area contributed by atoms with Gasteiger partial charge in [0.1, 0.15) is 0 Å². The molecule has 0 amide bonds. The van der Waals surface area contributed by atoms with E-state index in [1.54, 1.807) is 27.7 Å². The molecule has 0 fully saturated rings. The maximum Gasteiger partial charge on any atom is 0.328 e. The van der Waals surface area contributed by atoms with Crippen molar-refractivity contribution >= 4 is 11.9 Å². The maximum absolute atomic E-state index is 9.55. The summed E-state index contributed by atoms with van der Waals surface area (Å²) >= 11 is 0. The largest absolute Gasteiger partial charge is 0.478 e. The van der Waals surface area contributed by atoms with Gasteiger partial charge in [0.25, 0.3) is 0 Å². The fraction of sp³-hybridized carbons (Fsp3) is 0.714. The summed E-state index contributed by atoms with van der Waals surface area (Å²) in [6, 6.07) is 0. The van der Waals surface area contributed by atoms with E-state index in [0.717, 1.165) is 0 Å². The Morgan fingerprint density at radius 1 is 0.682 bits per heavy atom. The Balaban J connectivity index is -0.000000247. The molecule has 0 saturated carbocycles. The maximum atomic E-state index is 9.55. The van der Waals surface area contributed by atoms with Crippen molar-refractivity contribution in [2.75, 3.05) is 26.4 Å². The van der Waals surface area contributed by atoms with Gasteiger partial charge in [-0.15, -0.1) is 0 Å². The van der Waals surface area contributed by atoms with Gasteiger partial charge < -0.3 is 30.6 Å². The summed E-state index contributed by atoms with van der Waals surface area (Å²) in [4.78, 5) is 19.1. The Bertz CT molecular complexity index is 290. The number of carboxylic acids is 2. The van der Waals surface area contributed by atoms with E-state index in [1.807, 2.05) is 0 Å². The molecular weight excluding hydrogens is 296 g/mol. The van der Waals surface area contributed by atoms with Crippen LogP contribution in [0.1, 0.15) is 27.7 Å². The van der Waals surface area contributed by atoms with Gasteiger partial charge in [0.2, 0.25) is 0 Å². The summed E-state index contributed by atoms with van der Waals surface area (Å²) in [7, 11) is 0. The minimum atomic E-state index is -1.26. The van der Waals surface area contributed by atoms with Crippen LogP contribution >= 0.6 is 0 Å². The van der Waals surface area contributed by atoms with E-state index in [0.29, 0.717) is 12.2 Å². The molecule has 0 aromatic carbocycles. The summed E-state index contributed by atoms with van der Waals surface area (Å²) in [6.45, 7) is 7.38. The van der Waals surface area contributed by atoms with Crippen LogP contribution in [0, 0.1) is 10.8 Å². The van der Waals surface area contributed by atoms with Gasteiger partial charge in [-0.05, 0) is 0 Å². The van der Waals surface area contributed by atoms with E-state index in [9.17, 15) is 9.59 Å². The van der Waals surface area contributed by atoms with Gasteiger partial charge in [-0.1, -0.05) is 27.7 Å². The highest BCUT2D eigenvalue weighted by molar-refractivity contribution is 5.89. The van der Waals surface area contributed by atoms with Crippen molar-refractivity contribution in [3.63, 3.8) is 0 Å². The summed E-state index contributed by atoms with van der Waals surface area (Å²) in [5, 5.41) is 49.4. The number of rotatable bonds is 6. The molecule has 8 nitrogen and oxygen atoms in total. The van der Waals surface area contributed by atoms with Crippen LogP contribution < -0.4 is 0 Å². The standard InChI is InChI=1S/2C5H12O2.C4H4O4/c2*1-5(2,3-6)4-7;5-3(6)1-2-4(7)8/h2*6-7H,3-4H2,1-2H3;1-2H,(H,5,6)(H,7,8)/b;;2-1-. The van der Waals surface area contributed by atoms with Gasteiger partial charge in [-0.3, -0.25) is 0 Å². The van der Waals surface area contributed by atoms with E-state index in [1.165, 1.54) is 0 Å². The number of aliphatic hydroxyl groups excluding tert-OH is 4. The topological polar surface area (TPSA) is 156 Å². The van der Waals surface area contributed by atoms with Gasteiger partial charge in [0, 0.05) is 23.0 Å². The number of hydrogen-bond acceptors (Lipinski definition) is 6. The zero-order valence-electron chi connectivity index (χ0n) is 13.5. The van der Waals surface area contributed by atoms with Gasteiger partial charge in [0.15, 0.2) is 0 Å².